The Labute approximate surface area is 76.0 Å². The van der Waals surface area contributed by atoms with E-state index < -0.39 is 0 Å². The van der Waals surface area contributed by atoms with Crippen molar-refractivity contribution in [2.45, 2.75) is 6.42 Å². The zero-order valence-electron chi connectivity index (χ0n) is 7.16. The molecular formula is C10H10FNO. The van der Waals surface area contributed by atoms with Crippen LogP contribution in [-0.4, -0.2) is 18.9 Å². The maximum Gasteiger partial charge on any atom is 0.153 e. The van der Waals surface area contributed by atoms with E-state index in [1.165, 1.54) is 12.1 Å². The Hall–Kier alpha value is -1.38. The Morgan fingerprint density at radius 1 is 1.38 bits per heavy atom. The van der Waals surface area contributed by atoms with Crippen LogP contribution >= 0.6 is 0 Å². The molecule has 1 aliphatic heterocycles. The second kappa shape index (κ2) is 3.17. The van der Waals surface area contributed by atoms with Crippen LogP contribution in [0.1, 0.15) is 6.42 Å². The van der Waals surface area contributed by atoms with Gasteiger partial charge in [0.2, 0.25) is 0 Å². The summed E-state index contributed by atoms with van der Waals surface area (Å²) in [6.45, 7) is 1.13. The minimum atomic E-state index is -0.253. The number of rotatable bonds is 1. The SMILES string of the molecule is O=C1CCN(c2cccc(F)c2)C1. The quantitative estimate of drug-likeness (QED) is 0.652. The molecule has 0 radical (unpaired) electrons. The number of benzene rings is 1. The second-order valence-corrected chi connectivity index (χ2v) is 3.19. The van der Waals surface area contributed by atoms with Crippen molar-refractivity contribution in [1.82, 2.24) is 0 Å². The van der Waals surface area contributed by atoms with Gasteiger partial charge in [-0.25, -0.2) is 4.39 Å². The van der Waals surface area contributed by atoms with Gasteiger partial charge in [0.1, 0.15) is 5.82 Å². The van der Waals surface area contributed by atoms with Gasteiger partial charge in [0.25, 0.3) is 0 Å². The molecule has 68 valence electrons. The number of carbonyl (C=O) groups excluding carboxylic acids is 1. The summed E-state index contributed by atoms with van der Waals surface area (Å²) in [5.74, 6) is -0.0267. The fourth-order valence-corrected chi connectivity index (χ4v) is 1.52. The normalized spacial score (nSPS) is 16.7. The van der Waals surface area contributed by atoms with Crippen LogP contribution in [0.5, 0.6) is 0 Å². The van der Waals surface area contributed by atoms with Crippen molar-refractivity contribution in [2.24, 2.45) is 0 Å². The molecule has 0 aromatic heterocycles. The van der Waals surface area contributed by atoms with Gasteiger partial charge in [0.05, 0.1) is 6.54 Å². The lowest BCUT2D eigenvalue weighted by Crippen LogP contribution is -2.19. The highest BCUT2D eigenvalue weighted by Gasteiger charge is 2.19. The molecule has 0 saturated carbocycles. The Balaban J connectivity index is 2.21. The van der Waals surface area contributed by atoms with E-state index in [-0.39, 0.29) is 11.6 Å². The fourth-order valence-electron chi connectivity index (χ4n) is 1.52. The van der Waals surface area contributed by atoms with Crippen LogP contribution in [0.25, 0.3) is 0 Å². The molecule has 0 N–H and O–H groups in total. The molecule has 1 saturated heterocycles. The van der Waals surface area contributed by atoms with Crippen molar-refractivity contribution in [2.75, 3.05) is 18.0 Å². The number of carbonyl (C=O) groups is 1. The van der Waals surface area contributed by atoms with Gasteiger partial charge >= 0.3 is 0 Å². The summed E-state index contributed by atoms with van der Waals surface area (Å²) in [5.41, 5.74) is 0.797. The number of ketones is 1. The van der Waals surface area contributed by atoms with Gasteiger partial charge < -0.3 is 4.90 Å². The highest BCUT2D eigenvalue weighted by Crippen LogP contribution is 2.18. The van der Waals surface area contributed by atoms with E-state index in [1.807, 2.05) is 11.0 Å². The van der Waals surface area contributed by atoms with Crippen LogP contribution in [0.4, 0.5) is 10.1 Å². The van der Waals surface area contributed by atoms with Gasteiger partial charge in [-0.05, 0) is 18.2 Å². The van der Waals surface area contributed by atoms with E-state index in [1.54, 1.807) is 6.07 Å². The molecule has 0 atom stereocenters. The number of anilines is 1. The van der Waals surface area contributed by atoms with Gasteiger partial charge in [0.15, 0.2) is 5.78 Å². The van der Waals surface area contributed by atoms with Crippen LogP contribution in [-0.2, 0) is 4.79 Å². The molecule has 3 heteroatoms. The van der Waals surface area contributed by atoms with Crippen molar-refractivity contribution < 1.29 is 9.18 Å². The van der Waals surface area contributed by atoms with E-state index in [9.17, 15) is 9.18 Å². The third-order valence-corrected chi connectivity index (χ3v) is 2.20. The van der Waals surface area contributed by atoms with E-state index in [4.69, 9.17) is 0 Å². The third-order valence-electron chi connectivity index (χ3n) is 2.20. The zero-order valence-corrected chi connectivity index (χ0v) is 7.16. The van der Waals surface area contributed by atoms with E-state index in [0.717, 1.165) is 5.69 Å². The Kier molecular flexibility index (Phi) is 2.00. The monoisotopic (exact) mass is 179 g/mol. The molecule has 0 unspecified atom stereocenters. The standard InChI is InChI=1S/C10H10FNO/c11-8-2-1-3-9(6-8)12-5-4-10(13)7-12/h1-3,6H,4-5,7H2. The predicted molar refractivity (Wildman–Crippen MR) is 48.2 cm³/mol. The lowest BCUT2D eigenvalue weighted by molar-refractivity contribution is -0.116. The molecule has 13 heavy (non-hydrogen) atoms. The third kappa shape index (κ3) is 1.69. The van der Waals surface area contributed by atoms with Gasteiger partial charge in [-0.2, -0.15) is 0 Å². The Morgan fingerprint density at radius 3 is 2.85 bits per heavy atom. The molecule has 0 bridgehead atoms. The molecule has 2 rings (SSSR count). The van der Waals surface area contributed by atoms with Crippen molar-refractivity contribution >= 4 is 11.5 Å². The molecule has 1 aliphatic rings. The van der Waals surface area contributed by atoms with Gasteiger partial charge in [0, 0.05) is 18.7 Å². The molecule has 1 aromatic rings. The van der Waals surface area contributed by atoms with Gasteiger partial charge in [-0.3, -0.25) is 4.79 Å². The highest BCUT2D eigenvalue weighted by molar-refractivity contribution is 5.87. The first-order chi connectivity index (χ1) is 6.25. The highest BCUT2D eigenvalue weighted by atomic mass is 19.1. The van der Waals surface area contributed by atoms with Crippen LogP contribution in [0, 0.1) is 5.82 Å². The summed E-state index contributed by atoms with van der Waals surface area (Å²) >= 11 is 0. The number of Topliss-reactive ketones (excluding diaryl/α,β-unsaturated/α-hetero) is 1. The molecular weight excluding hydrogens is 169 g/mol. The second-order valence-electron chi connectivity index (χ2n) is 3.19. The van der Waals surface area contributed by atoms with Crippen LogP contribution in [0.15, 0.2) is 24.3 Å². The van der Waals surface area contributed by atoms with Crippen molar-refractivity contribution in [3.05, 3.63) is 30.1 Å². The van der Waals surface area contributed by atoms with Crippen LogP contribution < -0.4 is 4.90 Å². The fraction of sp³-hybridized carbons (Fsp3) is 0.300. The van der Waals surface area contributed by atoms with Crippen LogP contribution in [0.3, 0.4) is 0 Å². The van der Waals surface area contributed by atoms with E-state index in [2.05, 4.69) is 0 Å². The minimum absolute atomic E-state index is 0.226. The topological polar surface area (TPSA) is 20.3 Å². The molecule has 2 nitrogen and oxygen atoms in total. The van der Waals surface area contributed by atoms with Crippen molar-refractivity contribution in [3.8, 4) is 0 Å². The predicted octanol–water partition coefficient (Wildman–Crippen LogP) is 1.60. The Bertz CT molecular complexity index is 337. The van der Waals surface area contributed by atoms with Gasteiger partial charge in [-0.15, -0.1) is 0 Å². The molecule has 1 fully saturated rings. The Morgan fingerprint density at radius 2 is 2.23 bits per heavy atom. The number of hydrogen-bond donors (Lipinski definition) is 0. The maximum atomic E-state index is 12.8. The van der Waals surface area contributed by atoms with Crippen molar-refractivity contribution in [3.63, 3.8) is 0 Å². The molecule has 1 aromatic carbocycles. The lowest BCUT2D eigenvalue weighted by atomic mass is 10.3. The van der Waals surface area contributed by atoms with Gasteiger partial charge in [-0.1, -0.05) is 6.07 Å². The zero-order chi connectivity index (χ0) is 9.26. The average molecular weight is 179 g/mol. The van der Waals surface area contributed by atoms with Crippen LogP contribution in [0.2, 0.25) is 0 Å². The maximum absolute atomic E-state index is 12.8. The summed E-state index contributed by atoms with van der Waals surface area (Å²) in [4.78, 5) is 12.9. The number of nitrogens with zero attached hydrogens (tertiary/aromatic N) is 1. The average Bonchev–Trinajstić information content (AvgIpc) is 2.52. The summed E-state index contributed by atoms with van der Waals surface area (Å²) in [6.07, 6.45) is 0.580. The molecule has 0 spiro atoms. The number of hydrogen-bond acceptors (Lipinski definition) is 2. The minimum Gasteiger partial charge on any atom is -0.364 e. The first-order valence-electron chi connectivity index (χ1n) is 4.28. The first kappa shape index (κ1) is 8.23. The molecule has 1 heterocycles. The van der Waals surface area contributed by atoms with Crippen molar-refractivity contribution in [1.29, 1.82) is 0 Å². The molecule has 0 amide bonds. The summed E-state index contributed by atoms with van der Waals surface area (Å²) < 4.78 is 12.8. The summed E-state index contributed by atoms with van der Waals surface area (Å²) in [5, 5.41) is 0. The van der Waals surface area contributed by atoms with E-state index >= 15 is 0 Å². The summed E-state index contributed by atoms with van der Waals surface area (Å²) in [6, 6.07) is 6.34. The largest absolute Gasteiger partial charge is 0.364 e. The lowest BCUT2D eigenvalue weighted by Gasteiger charge is -2.15. The summed E-state index contributed by atoms with van der Waals surface area (Å²) in [7, 11) is 0. The smallest absolute Gasteiger partial charge is 0.153 e. The molecule has 0 aliphatic carbocycles. The van der Waals surface area contributed by atoms with E-state index in [0.29, 0.717) is 19.5 Å². The number of halogens is 1. The first-order valence-corrected chi connectivity index (χ1v) is 4.28.